The summed E-state index contributed by atoms with van der Waals surface area (Å²) >= 11 is 0. The molecule has 0 aromatic heterocycles. The zero-order chi connectivity index (χ0) is 12.9. The number of carbonyl (C=O) groups excluding carboxylic acids is 1. The Morgan fingerprint density at radius 1 is 1.18 bits per heavy atom. The monoisotopic (exact) mass is 236 g/mol. The van der Waals surface area contributed by atoms with E-state index in [4.69, 9.17) is 0 Å². The van der Waals surface area contributed by atoms with Crippen LogP contribution in [0.1, 0.15) is 72.6 Å². The van der Waals surface area contributed by atoms with Crippen LogP contribution >= 0.6 is 0 Å². The van der Waals surface area contributed by atoms with Gasteiger partial charge in [-0.1, -0.05) is 59.0 Å². The molecule has 1 aliphatic rings. The van der Waals surface area contributed by atoms with Gasteiger partial charge >= 0.3 is 0 Å². The third-order valence-electron chi connectivity index (χ3n) is 3.87. The Morgan fingerprint density at radius 3 is 2.24 bits per heavy atom. The molecule has 0 unspecified atom stereocenters. The van der Waals surface area contributed by atoms with Crippen molar-refractivity contribution in [3.8, 4) is 0 Å². The predicted molar refractivity (Wildman–Crippen MR) is 74.0 cm³/mol. The highest BCUT2D eigenvalue weighted by Crippen LogP contribution is 2.30. The van der Waals surface area contributed by atoms with Crippen molar-refractivity contribution in [2.24, 2.45) is 11.3 Å². The Labute approximate surface area is 107 Å². The molecule has 1 rings (SSSR count). The lowest BCUT2D eigenvalue weighted by atomic mass is 9.81. The normalized spacial score (nSPS) is 19.4. The van der Waals surface area contributed by atoms with Crippen LogP contribution in [0.4, 0.5) is 0 Å². The number of allylic oxidation sites excluding steroid dienone is 2. The summed E-state index contributed by atoms with van der Waals surface area (Å²) in [5.41, 5.74) is 0.817. The van der Waals surface area contributed by atoms with Crippen molar-refractivity contribution in [3.05, 3.63) is 11.6 Å². The minimum atomic E-state index is -0.228. The molecule has 0 spiro atoms. The fourth-order valence-electron chi connectivity index (χ4n) is 2.71. The molecule has 1 saturated carbocycles. The summed E-state index contributed by atoms with van der Waals surface area (Å²) < 4.78 is 0. The van der Waals surface area contributed by atoms with Crippen LogP contribution in [0.5, 0.6) is 0 Å². The van der Waals surface area contributed by atoms with Crippen molar-refractivity contribution in [1.82, 2.24) is 0 Å². The highest BCUT2D eigenvalue weighted by molar-refractivity contribution is 5.98. The van der Waals surface area contributed by atoms with Crippen molar-refractivity contribution in [3.63, 3.8) is 0 Å². The largest absolute Gasteiger partial charge is 0.294 e. The summed E-state index contributed by atoms with van der Waals surface area (Å²) in [4.78, 5) is 12.2. The van der Waals surface area contributed by atoms with Gasteiger partial charge in [0.25, 0.3) is 0 Å². The number of rotatable bonds is 4. The third kappa shape index (κ3) is 4.65. The first-order chi connectivity index (χ1) is 7.95. The molecule has 0 aromatic carbocycles. The summed E-state index contributed by atoms with van der Waals surface area (Å²) in [6, 6.07) is 0. The molecule has 0 N–H and O–H groups in total. The molecule has 0 atom stereocenters. The summed E-state index contributed by atoms with van der Waals surface area (Å²) in [7, 11) is 0. The second-order valence-electron chi connectivity index (χ2n) is 6.44. The molecule has 0 amide bonds. The van der Waals surface area contributed by atoms with Gasteiger partial charge in [0.1, 0.15) is 0 Å². The third-order valence-corrected chi connectivity index (χ3v) is 3.87. The highest BCUT2D eigenvalue weighted by atomic mass is 16.1. The molecule has 0 saturated heterocycles. The van der Waals surface area contributed by atoms with Crippen LogP contribution in [0.2, 0.25) is 0 Å². The summed E-state index contributed by atoms with van der Waals surface area (Å²) in [5, 5.41) is 0. The van der Waals surface area contributed by atoms with Crippen molar-refractivity contribution < 1.29 is 4.79 Å². The molecule has 0 aromatic rings. The van der Waals surface area contributed by atoms with Gasteiger partial charge in [-0.2, -0.15) is 0 Å². The van der Waals surface area contributed by atoms with Crippen LogP contribution < -0.4 is 0 Å². The van der Waals surface area contributed by atoms with E-state index in [1.54, 1.807) is 0 Å². The number of carbonyl (C=O) groups is 1. The Morgan fingerprint density at radius 2 is 1.76 bits per heavy atom. The zero-order valence-electron chi connectivity index (χ0n) is 12.0. The summed E-state index contributed by atoms with van der Waals surface area (Å²) in [6.07, 6.45) is 11.2. The maximum Gasteiger partial charge on any atom is 0.163 e. The minimum Gasteiger partial charge on any atom is -0.294 e. The number of hydrogen-bond donors (Lipinski definition) is 0. The summed E-state index contributed by atoms with van der Waals surface area (Å²) in [6.45, 7) is 8.04. The van der Waals surface area contributed by atoms with E-state index in [1.807, 2.05) is 33.8 Å². The number of ketones is 1. The van der Waals surface area contributed by atoms with Crippen LogP contribution in [-0.2, 0) is 4.79 Å². The van der Waals surface area contributed by atoms with E-state index >= 15 is 0 Å². The fourth-order valence-corrected chi connectivity index (χ4v) is 2.71. The average molecular weight is 236 g/mol. The Balaban J connectivity index is 2.45. The van der Waals surface area contributed by atoms with Crippen molar-refractivity contribution >= 4 is 5.78 Å². The predicted octanol–water partition coefficient (Wildman–Crippen LogP) is 4.91. The molecule has 0 radical (unpaired) electrons. The van der Waals surface area contributed by atoms with Gasteiger partial charge in [0, 0.05) is 5.41 Å². The molecule has 1 heteroatoms. The fraction of sp³-hybridized carbons (Fsp3) is 0.812. The standard InChI is InChI=1S/C16H28O/c1-5-14(15(17)16(2,3)4)12-11-13-9-7-6-8-10-13/h5,13H,6-12H2,1-4H3/b14-5-. The minimum absolute atomic E-state index is 0.228. The topological polar surface area (TPSA) is 17.1 Å². The summed E-state index contributed by atoms with van der Waals surface area (Å²) in [5.74, 6) is 1.20. The lowest BCUT2D eigenvalue weighted by molar-refractivity contribution is -0.122. The first-order valence-electron chi connectivity index (χ1n) is 7.15. The van der Waals surface area contributed by atoms with Gasteiger partial charge in [-0.25, -0.2) is 0 Å². The Hall–Kier alpha value is -0.590. The molecule has 1 nitrogen and oxygen atoms in total. The zero-order valence-corrected chi connectivity index (χ0v) is 12.0. The molecule has 0 bridgehead atoms. The van der Waals surface area contributed by atoms with Crippen LogP contribution in [0.25, 0.3) is 0 Å². The van der Waals surface area contributed by atoms with E-state index in [9.17, 15) is 4.79 Å². The first kappa shape index (κ1) is 14.5. The van der Waals surface area contributed by atoms with Gasteiger partial charge in [-0.05, 0) is 31.3 Å². The van der Waals surface area contributed by atoms with E-state index in [0.29, 0.717) is 5.78 Å². The van der Waals surface area contributed by atoms with Crippen LogP contribution in [0, 0.1) is 11.3 Å². The van der Waals surface area contributed by atoms with Gasteiger partial charge < -0.3 is 0 Å². The molecular weight excluding hydrogens is 208 g/mol. The lowest BCUT2D eigenvalue weighted by Crippen LogP contribution is -2.22. The van der Waals surface area contributed by atoms with E-state index in [-0.39, 0.29) is 5.41 Å². The van der Waals surface area contributed by atoms with Crippen molar-refractivity contribution in [2.45, 2.75) is 72.6 Å². The molecule has 0 heterocycles. The van der Waals surface area contributed by atoms with Crippen molar-refractivity contribution in [1.29, 1.82) is 0 Å². The van der Waals surface area contributed by atoms with E-state index in [1.165, 1.54) is 38.5 Å². The number of Topliss-reactive ketones (excluding diaryl/α,β-unsaturated/α-hetero) is 1. The van der Waals surface area contributed by atoms with E-state index < -0.39 is 0 Å². The maximum absolute atomic E-state index is 12.2. The smallest absolute Gasteiger partial charge is 0.163 e. The first-order valence-corrected chi connectivity index (χ1v) is 7.15. The maximum atomic E-state index is 12.2. The van der Waals surface area contributed by atoms with Gasteiger partial charge in [0.15, 0.2) is 5.78 Å². The van der Waals surface area contributed by atoms with Crippen LogP contribution in [-0.4, -0.2) is 5.78 Å². The van der Waals surface area contributed by atoms with E-state index in [0.717, 1.165) is 17.9 Å². The molecule has 17 heavy (non-hydrogen) atoms. The molecule has 0 aliphatic heterocycles. The molecular formula is C16H28O. The van der Waals surface area contributed by atoms with Crippen LogP contribution in [0.15, 0.2) is 11.6 Å². The van der Waals surface area contributed by atoms with Crippen molar-refractivity contribution in [2.75, 3.05) is 0 Å². The SMILES string of the molecule is C/C=C(/CCC1CCCCC1)C(=O)C(C)(C)C. The second-order valence-corrected chi connectivity index (χ2v) is 6.44. The number of hydrogen-bond acceptors (Lipinski definition) is 1. The highest BCUT2D eigenvalue weighted by Gasteiger charge is 2.25. The van der Waals surface area contributed by atoms with Gasteiger partial charge in [0.2, 0.25) is 0 Å². The van der Waals surface area contributed by atoms with Crippen LogP contribution in [0.3, 0.4) is 0 Å². The lowest BCUT2D eigenvalue weighted by Gasteiger charge is -2.23. The molecule has 1 fully saturated rings. The average Bonchev–Trinajstić information content (AvgIpc) is 2.30. The van der Waals surface area contributed by atoms with E-state index in [2.05, 4.69) is 0 Å². The Bertz CT molecular complexity index is 274. The second kappa shape index (κ2) is 6.37. The van der Waals surface area contributed by atoms with Gasteiger partial charge in [-0.3, -0.25) is 4.79 Å². The Kier molecular flexibility index (Phi) is 5.42. The molecule has 1 aliphatic carbocycles. The van der Waals surface area contributed by atoms with Gasteiger partial charge in [0.05, 0.1) is 0 Å². The molecule has 98 valence electrons. The quantitative estimate of drug-likeness (QED) is 0.634. The van der Waals surface area contributed by atoms with Gasteiger partial charge in [-0.15, -0.1) is 0 Å².